The largest absolute Gasteiger partial charge is 0.479 e. The van der Waals surface area contributed by atoms with Crippen molar-refractivity contribution < 1.29 is 18.7 Å². The molecule has 0 N–H and O–H groups in total. The summed E-state index contributed by atoms with van der Waals surface area (Å²) in [6.07, 6.45) is 6.90. The summed E-state index contributed by atoms with van der Waals surface area (Å²) in [5, 5.41) is 4.71. The number of alkyl halides is 1. The summed E-state index contributed by atoms with van der Waals surface area (Å²) in [5.41, 5.74) is 3.14. The fourth-order valence-electron chi connectivity index (χ4n) is 3.67. The third kappa shape index (κ3) is 8.28. The van der Waals surface area contributed by atoms with Crippen molar-refractivity contribution in [3.05, 3.63) is 67.9 Å². The summed E-state index contributed by atoms with van der Waals surface area (Å²) in [6.45, 7) is 10.1. The fraction of sp³-hybridized carbons (Fsp3) is 0.414. The van der Waals surface area contributed by atoms with E-state index in [1.165, 1.54) is 12.1 Å². The van der Waals surface area contributed by atoms with Crippen LogP contribution in [0.5, 0.6) is 5.75 Å². The van der Waals surface area contributed by atoms with E-state index in [1.54, 1.807) is 12.0 Å². The Morgan fingerprint density at radius 3 is 2.25 bits per heavy atom. The van der Waals surface area contributed by atoms with Crippen LogP contribution >= 0.6 is 34.8 Å². The van der Waals surface area contributed by atoms with E-state index in [-0.39, 0.29) is 35.2 Å². The van der Waals surface area contributed by atoms with Crippen LogP contribution in [-0.4, -0.2) is 42.0 Å². The minimum absolute atomic E-state index is 0.0371. The molecule has 0 radical (unpaired) electrons. The van der Waals surface area contributed by atoms with E-state index >= 15 is 0 Å². The van der Waals surface area contributed by atoms with Crippen molar-refractivity contribution >= 4 is 46.4 Å². The number of aryl methyl sites for hydroxylation is 2. The molecule has 0 aliphatic heterocycles. The molecule has 3 aromatic rings. The van der Waals surface area contributed by atoms with Crippen LogP contribution in [0, 0.1) is 12.3 Å². The molecule has 40 heavy (non-hydrogen) atoms. The molecule has 1 heterocycles. The first-order chi connectivity index (χ1) is 18.9. The lowest BCUT2D eigenvalue weighted by Gasteiger charge is -2.26. The van der Waals surface area contributed by atoms with Crippen LogP contribution in [0.2, 0.25) is 10.0 Å². The maximum Gasteiger partial charge on any atom is 0.442 e. The molecule has 1 aromatic heterocycles. The molecule has 0 bridgehead atoms. The number of terminal acetylenes is 1. The SMILES string of the molecule is C#CCOc1cc(-n2nc(C(C)(C)C)oc2=O)c(Cl)cc1Cl.CCc1cccc(CC)c1N(COC)C(=O)CCl. The van der Waals surface area contributed by atoms with E-state index in [1.807, 2.05) is 39.0 Å². The van der Waals surface area contributed by atoms with Crippen molar-refractivity contribution in [1.82, 2.24) is 9.78 Å². The lowest BCUT2D eigenvalue weighted by molar-refractivity contribution is -0.117. The second-order valence-corrected chi connectivity index (χ2v) is 10.6. The van der Waals surface area contributed by atoms with Crippen molar-refractivity contribution in [3.8, 4) is 23.8 Å². The van der Waals surface area contributed by atoms with Gasteiger partial charge in [-0.3, -0.25) is 9.69 Å². The lowest BCUT2D eigenvalue weighted by atomic mass is 9.97. The van der Waals surface area contributed by atoms with E-state index < -0.39 is 11.2 Å². The maximum absolute atomic E-state index is 12.0. The normalized spacial score (nSPS) is 10.9. The van der Waals surface area contributed by atoms with Crippen molar-refractivity contribution in [2.45, 2.75) is 52.9 Å². The Hall–Kier alpha value is -2.96. The number of hydrogen-bond acceptors (Lipinski definition) is 6. The molecule has 0 saturated carbocycles. The van der Waals surface area contributed by atoms with Gasteiger partial charge in [-0.05, 0) is 30.0 Å². The highest BCUT2D eigenvalue weighted by molar-refractivity contribution is 6.36. The molecule has 3 rings (SSSR count). The zero-order valence-electron chi connectivity index (χ0n) is 23.5. The molecule has 0 fully saturated rings. The van der Waals surface area contributed by atoms with Crippen LogP contribution in [0.15, 0.2) is 39.5 Å². The number of nitrogens with zero attached hydrogens (tertiary/aromatic N) is 3. The predicted octanol–water partition coefficient (Wildman–Crippen LogP) is 6.43. The zero-order chi connectivity index (χ0) is 30.0. The van der Waals surface area contributed by atoms with Gasteiger partial charge in [-0.2, -0.15) is 4.68 Å². The van der Waals surface area contributed by atoms with E-state index in [0.29, 0.717) is 17.3 Å². The summed E-state index contributed by atoms with van der Waals surface area (Å²) in [6, 6.07) is 9.06. The number of carbonyl (C=O) groups is 1. The Balaban J connectivity index is 0.000000286. The van der Waals surface area contributed by atoms with Crippen LogP contribution in [0.3, 0.4) is 0 Å². The zero-order valence-corrected chi connectivity index (χ0v) is 25.8. The number of halogens is 3. The molecule has 0 aliphatic carbocycles. The fourth-order valence-corrected chi connectivity index (χ4v) is 4.33. The second kappa shape index (κ2) is 15.2. The number of amides is 1. The van der Waals surface area contributed by atoms with Crippen molar-refractivity contribution in [2.24, 2.45) is 0 Å². The summed E-state index contributed by atoms with van der Waals surface area (Å²) in [5.74, 6) is 2.14. The quantitative estimate of drug-likeness (QED) is 0.158. The first-order valence-electron chi connectivity index (χ1n) is 12.6. The third-order valence-electron chi connectivity index (χ3n) is 5.64. The minimum atomic E-state index is -0.642. The van der Waals surface area contributed by atoms with Crippen LogP contribution < -0.4 is 15.4 Å². The van der Waals surface area contributed by atoms with Crippen LogP contribution in [0.25, 0.3) is 5.69 Å². The molecule has 11 heteroatoms. The van der Waals surface area contributed by atoms with Crippen LogP contribution in [-0.2, 0) is 27.8 Å². The number of benzene rings is 2. The average molecular weight is 611 g/mol. The molecule has 8 nitrogen and oxygen atoms in total. The summed E-state index contributed by atoms with van der Waals surface area (Å²) in [4.78, 5) is 25.6. The molecule has 1 amide bonds. The number of rotatable bonds is 9. The van der Waals surface area contributed by atoms with Gasteiger partial charge in [0.2, 0.25) is 11.8 Å². The van der Waals surface area contributed by atoms with Gasteiger partial charge >= 0.3 is 5.76 Å². The van der Waals surface area contributed by atoms with E-state index in [2.05, 4.69) is 24.9 Å². The highest BCUT2D eigenvalue weighted by Crippen LogP contribution is 2.33. The van der Waals surface area contributed by atoms with Gasteiger partial charge in [0.25, 0.3) is 0 Å². The van der Waals surface area contributed by atoms with Gasteiger partial charge in [-0.1, -0.05) is 81.9 Å². The van der Waals surface area contributed by atoms with Crippen LogP contribution in [0.1, 0.15) is 51.6 Å². The Kier molecular flexibility index (Phi) is 12.6. The molecule has 0 aliphatic rings. The molecule has 0 saturated heterocycles. The van der Waals surface area contributed by atoms with E-state index in [4.69, 9.17) is 55.1 Å². The highest BCUT2D eigenvalue weighted by atomic mass is 35.5. The molecule has 216 valence electrons. The van der Waals surface area contributed by atoms with Gasteiger partial charge in [0, 0.05) is 18.6 Å². The lowest BCUT2D eigenvalue weighted by Crippen LogP contribution is -2.35. The summed E-state index contributed by atoms with van der Waals surface area (Å²) >= 11 is 17.9. The number of aromatic nitrogens is 2. The monoisotopic (exact) mass is 609 g/mol. The molecule has 0 spiro atoms. The minimum Gasteiger partial charge on any atom is -0.479 e. The number of anilines is 1. The standard InChI is InChI=1S/C15H14Cl2N2O3.C14H20ClNO2/c1-5-6-21-12-8-11(9(16)7-10(12)17)19-14(20)22-13(18-19)15(2,3)4;1-4-11-7-6-8-12(5-2)14(11)16(10-18-3)13(17)9-15/h1,7-8H,6H2,2-4H3;6-8H,4-5,9-10H2,1-3H3. The van der Waals surface area contributed by atoms with E-state index in [9.17, 15) is 9.59 Å². The topological polar surface area (TPSA) is 86.8 Å². The molecular weight excluding hydrogens is 577 g/mol. The second-order valence-electron chi connectivity index (χ2n) is 9.57. The molecule has 2 aromatic carbocycles. The Bertz CT molecular complexity index is 1380. The van der Waals surface area contributed by atoms with Gasteiger partial charge in [-0.15, -0.1) is 23.1 Å². The van der Waals surface area contributed by atoms with Crippen LogP contribution in [0.4, 0.5) is 5.69 Å². The van der Waals surface area contributed by atoms with Gasteiger partial charge in [0.1, 0.15) is 25.0 Å². The van der Waals surface area contributed by atoms with Gasteiger partial charge < -0.3 is 13.9 Å². The average Bonchev–Trinajstić information content (AvgIpc) is 3.32. The molecule has 0 atom stereocenters. The third-order valence-corrected chi connectivity index (χ3v) is 6.47. The maximum atomic E-state index is 12.0. The smallest absolute Gasteiger partial charge is 0.442 e. The highest BCUT2D eigenvalue weighted by Gasteiger charge is 2.24. The first kappa shape index (κ1) is 33.2. The van der Waals surface area contributed by atoms with Gasteiger partial charge in [-0.25, -0.2) is 4.79 Å². The Labute approximate surface area is 250 Å². The van der Waals surface area contributed by atoms with Crippen molar-refractivity contribution in [3.63, 3.8) is 0 Å². The number of ether oxygens (including phenoxy) is 2. The number of methoxy groups -OCH3 is 1. The molecule has 0 unspecified atom stereocenters. The number of carbonyl (C=O) groups excluding carboxylic acids is 1. The predicted molar refractivity (Wildman–Crippen MR) is 160 cm³/mol. The Morgan fingerprint density at radius 2 is 1.77 bits per heavy atom. The van der Waals surface area contributed by atoms with Gasteiger partial charge in [0.05, 0.1) is 21.4 Å². The summed E-state index contributed by atoms with van der Waals surface area (Å²) < 4.78 is 16.7. The molecular formula is C29H34Cl3N3O5. The Morgan fingerprint density at radius 1 is 1.15 bits per heavy atom. The summed E-state index contributed by atoms with van der Waals surface area (Å²) in [7, 11) is 1.58. The van der Waals surface area contributed by atoms with E-state index in [0.717, 1.165) is 34.3 Å². The number of para-hydroxylation sites is 1. The van der Waals surface area contributed by atoms with Crippen molar-refractivity contribution in [2.75, 3.05) is 31.2 Å². The first-order valence-corrected chi connectivity index (χ1v) is 13.8. The number of hydrogen-bond donors (Lipinski definition) is 0. The van der Waals surface area contributed by atoms with Crippen molar-refractivity contribution in [1.29, 1.82) is 0 Å². The van der Waals surface area contributed by atoms with Gasteiger partial charge in [0.15, 0.2) is 0 Å².